The van der Waals surface area contributed by atoms with Crippen LogP contribution in [-0.4, -0.2) is 63.5 Å². The van der Waals surface area contributed by atoms with Crippen molar-refractivity contribution < 1.29 is 38.4 Å². The van der Waals surface area contributed by atoms with Gasteiger partial charge in [-0.05, 0) is 0 Å². The van der Waals surface area contributed by atoms with Crippen LogP contribution in [0.25, 0.3) is 0 Å². The summed E-state index contributed by atoms with van der Waals surface area (Å²) in [6.07, 6.45) is 0. The van der Waals surface area contributed by atoms with Crippen LogP contribution in [0.1, 0.15) is 177 Å². The van der Waals surface area contributed by atoms with Crippen molar-refractivity contribution in [3.05, 3.63) is 242 Å². The molecule has 0 saturated heterocycles. The van der Waals surface area contributed by atoms with Crippen molar-refractivity contribution in [2.75, 3.05) is 0 Å². The first-order valence-corrected chi connectivity index (χ1v) is 34.4. The van der Waals surface area contributed by atoms with E-state index in [4.69, 9.17) is 0 Å². The summed E-state index contributed by atoms with van der Waals surface area (Å²) in [4.78, 5) is 130. The van der Waals surface area contributed by atoms with Gasteiger partial charge in [-0.1, -0.05) is 0 Å². The van der Waals surface area contributed by atoms with Crippen LogP contribution in [0.5, 0.6) is 0 Å². The summed E-state index contributed by atoms with van der Waals surface area (Å²) in [5.41, 5.74) is 10.7. The Balaban J connectivity index is 1.58. The third kappa shape index (κ3) is 9.88. The van der Waals surface area contributed by atoms with Gasteiger partial charge in [0, 0.05) is 0 Å². The first-order chi connectivity index (χ1) is 36.0. The van der Waals surface area contributed by atoms with Crippen molar-refractivity contribution in [3.63, 3.8) is 0 Å². The fourth-order valence-corrected chi connectivity index (χ4v) is 29.8. The third-order valence-electron chi connectivity index (χ3n) is 15.4. The fourth-order valence-electron chi connectivity index (χ4n) is 12.4. The van der Waals surface area contributed by atoms with Crippen molar-refractivity contribution in [1.29, 1.82) is 0 Å². The molecule has 0 heterocycles. The molecule has 10 heteroatoms. The Kier molecular flexibility index (Phi) is 16.3. The summed E-state index contributed by atoms with van der Waals surface area (Å²) >= 11 is -12.7. The minimum atomic E-state index is -6.38. The zero-order chi connectivity index (χ0) is 57.1. The van der Waals surface area contributed by atoms with Gasteiger partial charge >= 0.3 is 462 Å². The van der Waals surface area contributed by atoms with Gasteiger partial charge in [0.1, 0.15) is 0 Å². The van der Waals surface area contributed by atoms with Gasteiger partial charge in [-0.3, -0.25) is 0 Å². The normalized spacial score (nSPS) is 11.6. The number of hydrogen-bond acceptors (Lipinski definition) is 8. The molecule has 0 amide bonds. The van der Waals surface area contributed by atoms with E-state index in [1.54, 1.807) is 162 Å². The molecular formula is C67H68Ge2O8. The molecule has 0 aliphatic carbocycles. The van der Waals surface area contributed by atoms with Crippen molar-refractivity contribution in [2.45, 2.75) is 118 Å². The molecule has 392 valence electrons. The Morgan fingerprint density at radius 3 is 0.545 bits per heavy atom. The molecule has 7 aromatic carbocycles. The summed E-state index contributed by atoms with van der Waals surface area (Å²) in [5, 5.41) is 0. The van der Waals surface area contributed by atoms with Crippen molar-refractivity contribution >= 4 is 63.5 Å². The molecule has 0 radical (unpaired) electrons. The van der Waals surface area contributed by atoms with Crippen molar-refractivity contribution in [1.82, 2.24) is 0 Å². The van der Waals surface area contributed by atoms with Gasteiger partial charge in [-0.2, -0.15) is 0 Å². The van der Waals surface area contributed by atoms with Crippen LogP contribution in [0.15, 0.2) is 103 Å². The molecule has 0 aromatic heterocycles. The number of hydrogen-bond donors (Lipinski definition) is 0. The molecule has 0 bridgehead atoms. The van der Waals surface area contributed by atoms with E-state index in [1.165, 1.54) is 24.3 Å². The Labute approximate surface area is 458 Å². The molecule has 7 aromatic rings. The average Bonchev–Trinajstić information content (AvgIpc) is 3.30. The van der Waals surface area contributed by atoms with E-state index in [0.29, 0.717) is 66.8 Å². The van der Waals surface area contributed by atoms with Crippen LogP contribution in [0.2, 0.25) is 0 Å². The Morgan fingerprint density at radius 2 is 0.377 bits per heavy atom. The molecule has 0 N–H and O–H groups in total. The molecule has 0 unspecified atom stereocenters. The zero-order valence-electron chi connectivity index (χ0n) is 47.6. The number of carbonyl (C=O) groups excluding carboxylic acids is 8. The minimum absolute atomic E-state index is 0.123. The first-order valence-electron chi connectivity index (χ1n) is 26.0. The van der Waals surface area contributed by atoms with E-state index in [-0.39, 0.29) is 44.5 Å². The Morgan fingerprint density at radius 1 is 0.221 bits per heavy atom. The first kappa shape index (κ1) is 57.7. The molecule has 0 spiro atoms. The second kappa shape index (κ2) is 21.8. The van der Waals surface area contributed by atoms with Crippen LogP contribution in [-0.2, 0) is 0 Å². The van der Waals surface area contributed by atoms with Crippen LogP contribution in [0.4, 0.5) is 0 Å². The second-order valence-electron chi connectivity index (χ2n) is 21.8. The molecule has 7 rings (SSSR count). The van der Waals surface area contributed by atoms with Crippen LogP contribution < -0.4 is 0 Å². The second-order valence-corrected chi connectivity index (χ2v) is 35.8. The number of benzene rings is 7. The fraction of sp³-hybridized carbons (Fsp3) is 0.254. The Hall–Kier alpha value is -7.01. The van der Waals surface area contributed by atoms with Gasteiger partial charge in [0.15, 0.2) is 0 Å². The van der Waals surface area contributed by atoms with E-state index in [0.717, 1.165) is 27.8 Å². The maximum atomic E-state index is 16.4. The maximum absolute atomic E-state index is 16.4. The molecule has 0 saturated carbocycles. The molecule has 0 fully saturated rings. The SMILES string of the molecule is Cc1cc(C)c([C](=O)[Ge]([C](=O)c2ccc([C](=O)[Ge]([C](=O)c3c(C)cc(C)cc3C)([C](=O)c3c(C)cc(C)cc3C)[C](=O)c3c(C)cc(C)cc3C)cc2)([C](=O)c2c(C)cccc2C)[C](=O)c2c(C)cc(C)cc2C)c(C)c1. The molecular weight excluding hydrogens is 1080 g/mol. The standard InChI is InChI=1S/C67H68Ge2O8/c1-35-25-42(8)55(43(9)26-35)63(73)68(62(72)54-40(6)19-18-20-41(54)7,64(74)56-44(10)27-36(2)28-45(56)11)60(70)52-21-23-53(24-22-52)61(71)69(65(75)57-46(12)29-37(3)30-47(57)13,66(76)58-48(14)31-38(4)32-49(58)15)67(77)59-50(16)33-39(5)34-51(59)17/h18-34H,1-17H3. The van der Waals surface area contributed by atoms with Crippen LogP contribution >= 0.6 is 0 Å². The van der Waals surface area contributed by atoms with E-state index in [1.807, 2.05) is 34.6 Å². The van der Waals surface area contributed by atoms with Gasteiger partial charge < -0.3 is 0 Å². The Bertz CT molecular complexity index is 3380. The van der Waals surface area contributed by atoms with Crippen LogP contribution in [0, 0.1) is 118 Å². The van der Waals surface area contributed by atoms with Crippen molar-refractivity contribution in [3.8, 4) is 0 Å². The third-order valence-corrected chi connectivity index (χ3v) is 31.2. The quantitative estimate of drug-likeness (QED) is 0.0873. The molecule has 8 nitrogen and oxygen atoms in total. The monoisotopic (exact) mass is 1150 g/mol. The van der Waals surface area contributed by atoms with E-state index >= 15 is 38.4 Å². The summed E-state index contributed by atoms with van der Waals surface area (Å²) in [6.45, 7) is 30.2. The van der Waals surface area contributed by atoms with Gasteiger partial charge in [-0.25, -0.2) is 0 Å². The van der Waals surface area contributed by atoms with Gasteiger partial charge in [0.25, 0.3) is 0 Å². The summed E-state index contributed by atoms with van der Waals surface area (Å²) in [5.74, 6) is 0. The van der Waals surface area contributed by atoms with Crippen molar-refractivity contribution in [2.24, 2.45) is 0 Å². The predicted octanol–water partition coefficient (Wildman–Crippen LogP) is 13.8. The van der Waals surface area contributed by atoms with E-state index in [9.17, 15) is 0 Å². The van der Waals surface area contributed by atoms with E-state index < -0.39 is 63.5 Å². The van der Waals surface area contributed by atoms with Gasteiger partial charge in [0.05, 0.1) is 0 Å². The van der Waals surface area contributed by atoms with Gasteiger partial charge in [0.2, 0.25) is 0 Å². The number of rotatable bonds is 16. The molecule has 0 aliphatic rings. The molecule has 0 atom stereocenters. The molecule has 0 aliphatic heterocycles. The topological polar surface area (TPSA) is 137 Å². The average molecular weight is 1150 g/mol. The summed E-state index contributed by atoms with van der Waals surface area (Å²) in [7, 11) is 0. The predicted molar refractivity (Wildman–Crippen MR) is 312 cm³/mol. The summed E-state index contributed by atoms with van der Waals surface area (Å²) < 4.78 is -6.74. The summed E-state index contributed by atoms with van der Waals surface area (Å²) in [6, 6.07) is 28.4. The van der Waals surface area contributed by atoms with E-state index in [2.05, 4.69) is 0 Å². The van der Waals surface area contributed by atoms with Gasteiger partial charge in [-0.15, -0.1) is 0 Å². The zero-order valence-corrected chi connectivity index (χ0v) is 51.8. The number of aryl methyl sites for hydroxylation is 17. The molecule has 77 heavy (non-hydrogen) atoms. The number of carbonyl (C=O) groups is 8. The van der Waals surface area contributed by atoms with Crippen LogP contribution in [0.3, 0.4) is 0 Å².